The average molecular weight is 406 g/mol. The normalized spacial score (nSPS) is 16.7. The minimum absolute atomic E-state index is 0.0940. The molecule has 0 unspecified atom stereocenters. The molecule has 2 aromatic rings. The Hall–Kier alpha value is -2.16. The molecule has 0 bridgehead atoms. The first-order valence-corrected chi connectivity index (χ1v) is 9.83. The lowest BCUT2D eigenvalue weighted by atomic mass is 10.2. The monoisotopic (exact) mass is 405 g/mol. The SMILES string of the molecule is C[C@H](c1nc(N)nc(N(C)C)n1)N1CCN(CCOc2ccc(Cl)cc2)CC1. The summed E-state index contributed by atoms with van der Waals surface area (Å²) in [6, 6.07) is 7.56. The molecule has 8 nitrogen and oxygen atoms in total. The van der Waals surface area contributed by atoms with E-state index in [0.717, 1.165) is 49.3 Å². The molecule has 1 aromatic heterocycles. The van der Waals surface area contributed by atoms with Gasteiger partial charge in [-0.25, -0.2) is 0 Å². The van der Waals surface area contributed by atoms with Crippen molar-refractivity contribution in [2.75, 3.05) is 64.1 Å². The number of piperazine rings is 1. The lowest BCUT2D eigenvalue weighted by molar-refractivity contribution is 0.0890. The Kier molecular flexibility index (Phi) is 6.88. The fourth-order valence-electron chi connectivity index (χ4n) is 3.15. The summed E-state index contributed by atoms with van der Waals surface area (Å²) in [4.78, 5) is 19.7. The molecular weight excluding hydrogens is 378 g/mol. The molecule has 1 aromatic carbocycles. The van der Waals surface area contributed by atoms with E-state index in [0.29, 0.717) is 12.6 Å². The fraction of sp³-hybridized carbons (Fsp3) is 0.526. The van der Waals surface area contributed by atoms with Crippen molar-refractivity contribution in [2.45, 2.75) is 13.0 Å². The van der Waals surface area contributed by atoms with E-state index >= 15 is 0 Å². The summed E-state index contributed by atoms with van der Waals surface area (Å²) in [5.41, 5.74) is 5.86. The van der Waals surface area contributed by atoms with Crippen molar-refractivity contribution in [1.82, 2.24) is 24.8 Å². The zero-order valence-corrected chi connectivity index (χ0v) is 17.4. The van der Waals surface area contributed by atoms with Gasteiger partial charge in [0.25, 0.3) is 0 Å². The Labute approximate surface area is 171 Å². The highest BCUT2D eigenvalue weighted by Gasteiger charge is 2.24. The number of ether oxygens (including phenoxy) is 1. The van der Waals surface area contributed by atoms with E-state index in [1.807, 2.05) is 43.3 Å². The third-order valence-corrected chi connectivity index (χ3v) is 5.13. The predicted octanol–water partition coefficient (Wildman–Crippen LogP) is 1.93. The number of nitrogen functional groups attached to an aromatic ring is 1. The van der Waals surface area contributed by atoms with Crippen molar-refractivity contribution < 1.29 is 4.74 Å². The number of hydrogen-bond acceptors (Lipinski definition) is 8. The predicted molar refractivity (Wildman–Crippen MR) is 112 cm³/mol. The summed E-state index contributed by atoms with van der Waals surface area (Å²) >= 11 is 5.89. The summed E-state index contributed by atoms with van der Waals surface area (Å²) in [5.74, 6) is 2.42. The van der Waals surface area contributed by atoms with Gasteiger partial charge in [0.15, 0.2) is 5.82 Å². The summed E-state index contributed by atoms with van der Waals surface area (Å²) in [7, 11) is 3.79. The maximum atomic E-state index is 5.89. The largest absolute Gasteiger partial charge is 0.492 e. The van der Waals surface area contributed by atoms with Crippen molar-refractivity contribution in [2.24, 2.45) is 0 Å². The van der Waals surface area contributed by atoms with Crippen LogP contribution in [0, 0.1) is 0 Å². The minimum atomic E-state index is 0.0940. The Bertz CT molecular complexity index is 763. The van der Waals surface area contributed by atoms with Crippen LogP contribution in [0.15, 0.2) is 24.3 Å². The van der Waals surface area contributed by atoms with Gasteiger partial charge in [0.1, 0.15) is 12.4 Å². The summed E-state index contributed by atoms with van der Waals surface area (Å²) in [5, 5.41) is 0.718. The first kappa shape index (κ1) is 20.6. The van der Waals surface area contributed by atoms with Gasteiger partial charge in [-0.15, -0.1) is 0 Å². The highest BCUT2D eigenvalue weighted by Crippen LogP contribution is 2.21. The second-order valence-corrected chi connectivity index (χ2v) is 7.54. The zero-order valence-electron chi connectivity index (χ0n) is 16.7. The van der Waals surface area contributed by atoms with Crippen molar-refractivity contribution in [3.8, 4) is 5.75 Å². The number of benzene rings is 1. The van der Waals surface area contributed by atoms with Crippen LogP contribution in [0.5, 0.6) is 5.75 Å². The highest BCUT2D eigenvalue weighted by molar-refractivity contribution is 6.30. The Morgan fingerprint density at radius 3 is 2.43 bits per heavy atom. The number of hydrogen-bond donors (Lipinski definition) is 1. The number of aromatic nitrogens is 3. The van der Waals surface area contributed by atoms with Crippen molar-refractivity contribution >= 4 is 23.5 Å². The molecule has 0 saturated carbocycles. The molecule has 2 heterocycles. The molecule has 3 rings (SSSR count). The summed E-state index contributed by atoms with van der Waals surface area (Å²) in [6.07, 6.45) is 0. The lowest BCUT2D eigenvalue weighted by Gasteiger charge is -2.37. The van der Waals surface area contributed by atoms with Crippen LogP contribution in [0.3, 0.4) is 0 Å². The molecule has 1 aliphatic rings. The molecule has 1 fully saturated rings. The minimum Gasteiger partial charge on any atom is -0.492 e. The van der Waals surface area contributed by atoms with Crippen LogP contribution < -0.4 is 15.4 Å². The van der Waals surface area contributed by atoms with Gasteiger partial charge < -0.3 is 15.4 Å². The molecule has 9 heteroatoms. The zero-order chi connectivity index (χ0) is 20.1. The lowest BCUT2D eigenvalue weighted by Crippen LogP contribution is -2.48. The van der Waals surface area contributed by atoms with Gasteiger partial charge in [-0.3, -0.25) is 9.80 Å². The quantitative estimate of drug-likeness (QED) is 0.748. The molecule has 152 valence electrons. The maximum absolute atomic E-state index is 5.89. The third kappa shape index (κ3) is 5.43. The summed E-state index contributed by atoms with van der Waals surface area (Å²) < 4.78 is 5.80. The van der Waals surface area contributed by atoms with Crippen molar-refractivity contribution in [1.29, 1.82) is 0 Å². The van der Waals surface area contributed by atoms with E-state index in [4.69, 9.17) is 22.1 Å². The number of nitrogens with zero attached hydrogens (tertiary/aromatic N) is 6. The Morgan fingerprint density at radius 1 is 1.11 bits per heavy atom. The number of anilines is 2. The maximum Gasteiger partial charge on any atom is 0.229 e. The summed E-state index contributed by atoms with van der Waals surface area (Å²) in [6.45, 7) is 7.54. The molecule has 2 N–H and O–H groups in total. The number of nitrogens with two attached hydrogens (primary N) is 1. The molecular formula is C19H28ClN7O. The number of halogens is 1. The first-order valence-electron chi connectivity index (χ1n) is 9.46. The smallest absolute Gasteiger partial charge is 0.229 e. The van der Waals surface area contributed by atoms with Crippen LogP contribution in [0.1, 0.15) is 18.8 Å². The van der Waals surface area contributed by atoms with E-state index in [1.54, 1.807) is 0 Å². The van der Waals surface area contributed by atoms with Crippen LogP contribution in [0.4, 0.5) is 11.9 Å². The van der Waals surface area contributed by atoms with E-state index in [9.17, 15) is 0 Å². The molecule has 0 amide bonds. The van der Waals surface area contributed by atoms with E-state index in [-0.39, 0.29) is 12.0 Å². The standard InChI is InChI=1S/C19H28ClN7O/c1-14(17-22-18(21)24-19(23-17)25(2)3)27-10-8-26(9-11-27)12-13-28-16-6-4-15(20)5-7-16/h4-7,14H,8-13H2,1-3H3,(H2,21,22,23,24)/t14-/m1/s1. The van der Waals surface area contributed by atoms with E-state index in [2.05, 4.69) is 31.7 Å². The van der Waals surface area contributed by atoms with Crippen LogP contribution in [0.25, 0.3) is 0 Å². The molecule has 0 radical (unpaired) electrons. The highest BCUT2D eigenvalue weighted by atomic mass is 35.5. The van der Waals surface area contributed by atoms with Crippen molar-refractivity contribution in [3.05, 3.63) is 35.1 Å². The van der Waals surface area contributed by atoms with Gasteiger partial charge in [0, 0.05) is 51.8 Å². The van der Waals surface area contributed by atoms with E-state index < -0.39 is 0 Å². The second-order valence-electron chi connectivity index (χ2n) is 7.10. The Balaban J connectivity index is 1.47. The van der Waals surface area contributed by atoms with Crippen LogP contribution >= 0.6 is 11.6 Å². The van der Waals surface area contributed by atoms with Gasteiger partial charge in [-0.1, -0.05) is 11.6 Å². The topological polar surface area (TPSA) is 83.6 Å². The van der Waals surface area contributed by atoms with Gasteiger partial charge in [0.05, 0.1) is 6.04 Å². The number of rotatable bonds is 7. The first-order chi connectivity index (χ1) is 13.4. The van der Waals surface area contributed by atoms with Gasteiger partial charge in [-0.05, 0) is 31.2 Å². The Morgan fingerprint density at radius 2 is 1.79 bits per heavy atom. The van der Waals surface area contributed by atoms with Crippen molar-refractivity contribution in [3.63, 3.8) is 0 Å². The van der Waals surface area contributed by atoms with Crippen LogP contribution in [0.2, 0.25) is 5.02 Å². The molecule has 1 saturated heterocycles. The van der Waals surface area contributed by atoms with Crippen LogP contribution in [-0.4, -0.2) is 78.2 Å². The fourth-order valence-corrected chi connectivity index (χ4v) is 3.27. The second kappa shape index (κ2) is 9.36. The van der Waals surface area contributed by atoms with Crippen LogP contribution in [-0.2, 0) is 0 Å². The molecule has 1 aliphatic heterocycles. The molecule has 1 atom stereocenters. The molecule has 0 aliphatic carbocycles. The van der Waals surface area contributed by atoms with Gasteiger partial charge in [0.2, 0.25) is 11.9 Å². The third-order valence-electron chi connectivity index (χ3n) is 4.88. The van der Waals surface area contributed by atoms with Gasteiger partial charge >= 0.3 is 0 Å². The van der Waals surface area contributed by atoms with E-state index in [1.165, 1.54) is 0 Å². The molecule has 28 heavy (non-hydrogen) atoms. The van der Waals surface area contributed by atoms with Gasteiger partial charge in [-0.2, -0.15) is 15.0 Å². The molecule has 0 spiro atoms. The average Bonchev–Trinajstić information content (AvgIpc) is 2.69.